The predicted molar refractivity (Wildman–Crippen MR) is 175 cm³/mol. The molecule has 1 saturated carbocycles. The lowest BCUT2D eigenvalue weighted by atomic mass is 9.95. The van der Waals surface area contributed by atoms with Crippen molar-refractivity contribution < 1.29 is 4.79 Å². The number of allylic oxidation sites excluding steroid dienone is 2. The molecule has 43 heavy (non-hydrogen) atoms. The minimum Gasteiger partial charge on any atom is -0.352 e. The lowest BCUT2D eigenvalue weighted by Crippen LogP contribution is -2.50. The molecule has 2 aliphatic rings. The number of rotatable bonds is 16. The summed E-state index contributed by atoms with van der Waals surface area (Å²) in [6.07, 6.45) is 16.5. The van der Waals surface area contributed by atoms with E-state index in [2.05, 4.69) is 42.7 Å². The van der Waals surface area contributed by atoms with Gasteiger partial charge in [0, 0.05) is 44.3 Å². The Hall–Kier alpha value is -2.73. The van der Waals surface area contributed by atoms with Gasteiger partial charge >= 0.3 is 0 Å². The first kappa shape index (κ1) is 33.2. The van der Waals surface area contributed by atoms with Crippen LogP contribution in [0.4, 0.5) is 11.8 Å². The monoisotopic (exact) mass is 632 g/mol. The minimum atomic E-state index is -1.05. The molecule has 2 fully saturated rings. The lowest BCUT2D eigenvalue weighted by molar-refractivity contribution is -0.129. The molecule has 2 aromatic heterocycles. The number of anilines is 2. The quantitative estimate of drug-likeness (QED) is 0.144. The second-order valence-electron chi connectivity index (χ2n) is 11.2. The van der Waals surface area contributed by atoms with E-state index in [1.807, 2.05) is 30.0 Å². The summed E-state index contributed by atoms with van der Waals surface area (Å²) < 4.78 is 1.89. The van der Waals surface area contributed by atoms with E-state index in [-0.39, 0.29) is 5.91 Å². The summed E-state index contributed by atoms with van der Waals surface area (Å²) in [5, 5.41) is 19.2. The second kappa shape index (κ2) is 17.5. The number of hydrogen-bond acceptors (Lipinski definition) is 9. The normalized spacial score (nSPS) is 16.4. The van der Waals surface area contributed by atoms with Gasteiger partial charge < -0.3 is 25.8 Å². The molecule has 1 saturated heterocycles. The summed E-state index contributed by atoms with van der Waals surface area (Å²) in [7, 11) is 0. The fraction of sp³-hybridized carbons (Fsp3) is 0.633. The van der Waals surface area contributed by atoms with Gasteiger partial charge in [-0.1, -0.05) is 66.4 Å². The molecule has 3 N–H and O–H groups in total. The minimum absolute atomic E-state index is 0.266. The largest absolute Gasteiger partial charge is 0.352 e. The van der Waals surface area contributed by atoms with Gasteiger partial charge in [0.2, 0.25) is 5.95 Å². The fourth-order valence-electron chi connectivity index (χ4n) is 5.54. The lowest BCUT2D eigenvalue weighted by Gasteiger charge is -2.36. The maximum atomic E-state index is 12.2. The number of nitrogens with zero attached hydrogens (tertiary/aromatic N) is 7. The first-order valence-corrected chi connectivity index (χ1v) is 16.4. The third-order valence-corrected chi connectivity index (χ3v) is 8.29. The fourth-order valence-corrected chi connectivity index (χ4v) is 5.81. The van der Waals surface area contributed by atoms with E-state index in [0.29, 0.717) is 38.7 Å². The zero-order chi connectivity index (χ0) is 30.4. The highest BCUT2D eigenvalue weighted by Crippen LogP contribution is 2.26. The molecule has 13 heteroatoms. The summed E-state index contributed by atoms with van der Waals surface area (Å²) in [5.41, 5.74) is 2.58. The van der Waals surface area contributed by atoms with Gasteiger partial charge in [0.1, 0.15) is 11.5 Å². The van der Waals surface area contributed by atoms with Gasteiger partial charge in [-0.25, -0.2) is 4.98 Å². The van der Waals surface area contributed by atoms with Gasteiger partial charge in [0.05, 0.1) is 18.4 Å². The van der Waals surface area contributed by atoms with Crippen LogP contribution in [0.3, 0.4) is 0 Å². The predicted octanol–water partition coefficient (Wildman–Crippen LogP) is 3.93. The number of carbonyl (C=O) groups is 1. The van der Waals surface area contributed by atoms with Crippen molar-refractivity contribution in [2.75, 3.05) is 56.0 Å². The Balaban J connectivity index is 1.23. The Bertz CT molecular complexity index is 1190. The third kappa shape index (κ3) is 10.4. The molecule has 1 aliphatic carbocycles. The summed E-state index contributed by atoms with van der Waals surface area (Å²) in [6.45, 7) is 12.4. The molecule has 1 amide bonds. The van der Waals surface area contributed by atoms with Crippen molar-refractivity contribution in [3.8, 4) is 0 Å². The molecule has 0 radical (unpaired) electrons. The molecule has 2 aromatic rings. The number of amides is 1. The number of carbonyl (C=O) groups excluding carboxylic acids is 1. The number of halogens is 2. The number of nitrogens with one attached hydrogen (secondary N) is 3. The molecule has 0 atom stereocenters. The Morgan fingerprint density at radius 1 is 1.09 bits per heavy atom. The molecule has 0 aromatic carbocycles. The maximum Gasteiger partial charge on any atom is 0.255 e. The van der Waals surface area contributed by atoms with E-state index in [4.69, 9.17) is 28.2 Å². The van der Waals surface area contributed by atoms with Crippen LogP contribution in [0.1, 0.15) is 61.9 Å². The number of aromatic nitrogens is 5. The summed E-state index contributed by atoms with van der Waals surface area (Å²) in [4.78, 5) is 24.5. The Kier molecular flexibility index (Phi) is 13.5. The van der Waals surface area contributed by atoms with E-state index in [1.54, 1.807) is 11.0 Å². The second-order valence-corrected chi connectivity index (χ2v) is 12.2. The summed E-state index contributed by atoms with van der Waals surface area (Å²) in [6, 6.07) is 0.733. The van der Waals surface area contributed by atoms with Crippen molar-refractivity contribution >= 4 is 47.0 Å². The van der Waals surface area contributed by atoms with Crippen molar-refractivity contribution in [3.63, 3.8) is 0 Å². The van der Waals surface area contributed by atoms with Crippen molar-refractivity contribution in [1.82, 2.24) is 40.5 Å². The Morgan fingerprint density at radius 2 is 1.86 bits per heavy atom. The van der Waals surface area contributed by atoms with E-state index < -0.39 is 4.84 Å². The standard InChI is InChI=1S/C30H46Cl2N10O/c1-3-4-12-26-23(2)36-30(37-28(26)40-17-19-41(20-18-40)29(43)27(31)32)35-21-25-22-42(39-38-25)16-9-14-33-13-8-15-34-24-10-6-5-7-11-24/h3-4,12,22,24,27,33-34H,1,5-11,13-21H2,2H3,(H,35,36,37)/b12-4-. The topological polar surface area (TPSA) is 116 Å². The van der Waals surface area contributed by atoms with Crippen LogP contribution in [0, 0.1) is 6.92 Å². The van der Waals surface area contributed by atoms with Gasteiger partial charge in [-0.2, -0.15) is 4.98 Å². The molecule has 236 valence electrons. The van der Waals surface area contributed by atoms with Crippen LogP contribution in [-0.2, 0) is 17.9 Å². The average Bonchev–Trinajstić information content (AvgIpc) is 3.48. The average molecular weight is 634 g/mol. The van der Waals surface area contributed by atoms with Crippen LogP contribution in [0.25, 0.3) is 6.08 Å². The highest BCUT2D eigenvalue weighted by Gasteiger charge is 2.27. The highest BCUT2D eigenvalue weighted by atomic mass is 35.5. The summed E-state index contributed by atoms with van der Waals surface area (Å²) in [5.74, 6) is 1.05. The van der Waals surface area contributed by atoms with Crippen LogP contribution in [-0.4, -0.2) is 92.5 Å². The van der Waals surface area contributed by atoms with Crippen molar-refractivity contribution in [2.45, 2.75) is 75.8 Å². The third-order valence-electron chi connectivity index (χ3n) is 7.92. The van der Waals surface area contributed by atoms with Crippen LogP contribution in [0.2, 0.25) is 0 Å². The Morgan fingerprint density at radius 3 is 2.60 bits per heavy atom. The van der Waals surface area contributed by atoms with Crippen molar-refractivity contribution in [2.24, 2.45) is 0 Å². The van der Waals surface area contributed by atoms with Crippen LogP contribution >= 0.6 is 23.2 Å². The van der Waals surface area contributed by atoms with Gasteiger partial charge in [0.15, 0.2) is 4.84 Å². The van der Waals surface area contributed by atoms with Gasteiger partial charge in [-0.3, -0.25) is 9.48 Å². The van der Waals surface area contributed by atoms with E-state index in [0.717, 1.165) is 67.8 Å². The molecular weight excluding hydrogens is 587 g/mol. The zero-order valence-electron chi connectivity index (χ0n) is 25.3. The summed E-state index contributed by atoms with van der Waals surface area (Å²) >= 11 is 11.6. The van der Waals surface area contributed by atoms with Crippen molar-refractivity contribution in [1.29, 1.82) is 0 Å². The molecule has 1 aliphatic heterocycles. The number of aryl methyl sites for hydroxylation is 2. The number of alkyl halides is 2. The number of piperazine rings is 1. The van der Waals surface area contributed by atoms with E-state index >= 15 is 0 Å². The molecule has 11 nitrogen and oxygen atoms in total. The van der Waals surface area contributed by atoms with Gasteiger partial charge in [-0.15, -0.1) is 5.10 Å². The zero-order valence-corrected chi connectivity index (χ0v) is 26.8. The van der Waals surface area contributed by atoms with Gasteiger partial charge in [0.25, 0.3) is 5.91 Å². The van der Waals surface area contributed by atoms with Crippen LogP contribution < -0.4 is 20.9 Å². The molecule has 4 rings (SSSR count). The molecule has 0 spiro atoms. The first-order valence-electron chi connectivity index (χ1n) is 15.5. The van der Waals surface area contributed by atoms with E-state index in [9.17, 15) is 4.79 Å². The SMILES string of the molecule is C=C/C=C\c1c(C)nc(NCc2cn(CCCNCCCNC3CCCCC3)nn2)nc1N1CCN(C(=O)C(Cl)Cl)CC1. The maximum absolute atomic E-state index is 12.2. The van der Waals surface area contributed by atoms with Gasteiger partial charge in [-0.05, 0) is 58.3 Å². The van der Waals surface area contributed by atoms with Crippen LogP contribution in [0.15, 0.2) is 24.9 Å². The first-order chi connectivity index (χ1) is 20.9. The smallest absolute Gasteiger partial charge is 0.255 e. The Labute approximate surface area is 265 Å². The number of hydrogen-bond donors (Lipinski definition) is 3. The molecule has 3 heterocycles. The highest BCUT2D eigenvalue weighted by molar-refractivity contribution is 6.53. The van der Waals surface area contributed by atoms with E-state index in [1.165, 1.54) is 32.1 Å². The molecular formula is C30H46Cl2N10O. The molecule has 0 bridgehead atoms. The van der Waals surface area contributed by atoms with Crippen molar-refractivity contribution in [3.05, 3.63) is 41.9 Å². The van der Waals surface area contributed by atoms with Crippen LogP contribution in [0.5, 0.6) is 0 Å². The molecule has 0 unspecified atom stereocenters.